The quantitative estimate of drug-likeness (QED) is 0.842. The van der Waals surface area contributed by atoms with Gasteiger partial charge in [0.05, 0.1) is 12.2 Å². The van der Waals surface area contributed by atoms with Gasteiger partial charge in [-0.05, 0) is 43.5 Å². The molecule has 4 atom stereocenters. The van der Waals surface area contributed by atoms with Gasteiger partial charge in [0.2, 0.25) is 0 Å². The van der Waals surface area contributed by atoms with Gasteiger partial charge in [-0.15, -0.1) is 0 Å². The molecule has 1 fully saturated rings. The number of Topliss-reactive ketones (excluding diaryl/α,β-unsaturated/α-hetero) is 1. The molecule has 1 aliphatic rings. The van der Waals surface area contributed by atoms with Crippen molar-refractivity contribution in [3.8, 4) is 0 Å². The summed E-state index contributed by atoms with van der Waals surface area (Å²) in [4.78, 5) is 12.3. The van der Waals surface area contributed by atoms with Crippen LogP contribution in [0.2, 0.25) is 0 Å². The van der Waals surface area contributed by atoms with Crippen LogP contribution in [0.1, 0.15) is 26.3 Å². The lowest BCUT2D eigenvalue weighted by Crippen LogP contribution is -2.28. The first-order chi connectivity index (χ1) is 8.90. The van der Waals surface area contributed by atoms with Crippen LogP contribution >= 0.6 is 0 Å². The second-order valence-corrected chi connectivity index (χ2v) is 5.31. The van der Waals surface area contributed by atoms with Crippen LogP contribution in [0.3, 0.4) is 0 Å². The van der Waals surface area contributed by atoms with E-state index < -0.39 is 11.6 Å². The Bertz CT molecular complexity index is 487. The zero-order chi connectivity index (χ0) is 14.2. The molecule has 4 heteroatoms. The van der Waals surface area contributed by atoms with Crippen LogP contribution < -0.4 is 0 Å². The SMILES string of the molecule is CC1OC(C)C(C(=O)Cc2cc(F)ccc2F)C1C. The second kappa shape index (κ2) is 5.37. The van der Waals surface area contributed by atoms with E-state index in [1.807, 2.05) is 20.8 Å². The van der Waals surface area contributed by atoms with Crippen molar-refractivity contribution in [2.24, 2.45) is 11.8 Å². The van der Waals surface area contributed by atoms with Crippen molar-refractivity contribution in [1.29, 1.82) is 0 Å². The van der Waals surface area contributed by atoms with E-state index >= 15 is 0 Å². The van der Waals surface area contributed by atoms with Crippen molar-refractivity contribution in [1.82, 2.24) is 0 Å². The lowest BCUT2D eigenvalue weighted by Gasteiger charge is -2.17. The summed E-state index contributed by atoms with van der Waals surface area (Å²) in [5.41, 5.74) is 0.115. The van der Waals surface area contributed by atoms with Gasteiger partial charge in [0, 0.05) is 12.3 Å². The Morgan fingerprint density at radius 1 is 1.21 bits per heavy atom. The number of rotatable bonds is 3. The van der Waals surface area contributed by atoms with Crippen molar-refractivity contribution >= 4 is 5.78 Å². The molecule has 1 aromatic carbocycles. The van der Waals surface area contributed by atoms with E-state index in [-0.39, 0.29) is 41.8 Å². The van der Waals surface area contributed by atoms with E-state index in [4.69, 9.17) is 4.74 Å². The number of carbonyl (C=O) groups is 1. The molecular weight excluding hydrogens is 250 g/mol. The number of hydrogen-bond acceptors (Lipinski definition) is 2. The van der Waals surface area contributed by atoms with Crippen LogP contribution in [0.5, 0.6) is 0 Å². The molecular formula is C15H18F2O2. The van der Waals surface area contributed by atoms with Crippen LogP contribution in [0.4, 0.5) is 8.78 Å². The highest BCUT2D eigenvalue weighted by atomic mass is 19.1. The maximum absolute atomic E-state index is 13.5. The van der Waals surface area contributed by atoms with Crippen molar-refractivity contribution < 1.29 is 18.3 Å². The minimum Gasteiger partial charge on any atom is -0.375 e. The summed E-state index contributed by atoms with van der Waals surface area (Å²) in [5.74, 6) is -1.31. The predicted molar refractivity (Wildman–Crippen MR) is 67.7 cm³/mol. The van der Waals surface area contributed by atoms with Crippen LogP contribution in [0, 0.1) is 23.5 Å². The Kier molecular flexibility index (Phi) is 3.99. The average Bonchev–Trinajstić information content (AvgIpc) is 2.58. The molecule has 19 heavy (non-hydrogen) atoms. The van der Waals surface area contributed by atoms with E-state index in [0.29, 0.717) is 0 Å². The van der Waals surface area contributed by atoms with Crippen molar-refractivity contribution in [2.45, 2.75) is 39.4 Å². The molecule has 0 amide bonds. The van der Waals surface area contributed by atoms with Gasteiger partial charge < -0.3 is 4.74 Å². The fourth-order valence-corrected chi connectivity index (χ4v) is 2.81. The highest BCUT2D eigenvalue weighted by Gasteiger charge is 2.41. The average molecular weight is 268 g/mol. The Balaban J connectivity index is 2.15. The van der Waals surface area contributed by atoms with Crippen molar-refractivity contribution in [2.75, 3.05) is 0 Å². The van der Waals surface area contributed by atoms with E-state index in [1.54, 1.807) is 0 Å². The summed E-state index contributed by atoms with van der Waals surface area (Å²) in [5, 5.41) is 0. The number of ether oxygens (including phenoxy) is 1. The first-order valence-corrected chi connectivity index (χ1v) is 6.52. The molecule has 2 nitrogen and oxygen atoms in total. The molecule has 0 radical (unpaired) electrons. The summed E-state index contributed by atoms with van der Waals surface area (Å²) < 4.78 is 32.2. The number of carbonyl (C=O) groups excluding carboxylic acids is 1. The topological polar surface area (TPSA) is 26.3 Å². The Hall–Kier alpha value is -1.29. The standard InChI is InChI=1S/C15H18F2O2/c1-8-9(2)19-10(3)15(8)14(18)7-11-6-12(16)4-5-13(11)17/h4-6,8-10,15H,7H2,1-3H3. The highest BCUT2D eigenvalue weighted by Crippen LogP contribution is 2.33. The summed E-state index contributed by atoms with van der Waals surface area (Å²) >= 11 is 0. The molecule has 0 spiro atoms. The first-order valence-electron chi connectivity index (χ1n) is 6.52. The first kappa shape index (κ1) is 14.1. The molecule has 1 heterocycles. The molecule has 1 saturated heterocycles. The fraction of sp³-hybridized carbons (Fsp3) is 0.533. The van der Waals surface area contributed by atoms with Gasteiger partial charge in [0.25, 0.3) is 0 Å². The zero-order valence-electron chi connectivity index (χ0n) is 11.3. The Morgan fingerprint density at radius 3 is 2.47 bits per heavy atom. The lowest BCUT2D eigenvalue weighted by atomic mass is 9.84. The van der Waals surface area contributed by atoms with Gasteiger partial charge in [-0.1, -0.05) is 6.92 Å². The number of benzene rings is 1. The van der Waals surface area contributed by atoms with Crippen LogP contribution in [0.15, 0.2) is 18.2 Å². The van der Waals surface area contributed by atoms with Gasteiger partial charge in [-0.3, -0.25) is 4.79 Å². The monoisotopic (exact) mass is 268 g/mol. The third-order valence-electron chi connectivity index (χ3n) is 3.99. The largest absolute Gasteiger partial charge is 0.375 e. The molecule has 0 N–H and O–H groups in total. The van der Waals surface area contributed by atoms with E-state index in [9.17, 15) is 13.6 Å². The maximum Gasteiger partial charge on any atom is 0.143 e. The van der Waals surface area contributed by atoms with Gasteiger partial charge >= 0.3 is 0 Å². The lowest BCUT2D eigenvalue weighted by molar-refractivity contribution is -0.124. The van der Waals surface area contributed by atoms with Crippen LogP contribution in [-0.2, 0) is 16.0 Å². The highest BCUT2D eigenvalue weighted by molar-refractivity contribution is 5.84. The zero-order valence-corrected chi connectivity index (χ0v) is 11.3. The van der Waals surface area contributed by atoms with E-state index in [2.05, 4.69) is 0 Å². The second-order valence-electron chi connectivity index (χ2n) is 5.31. The van der Waals surface area contributed by atoms with Gasteiger partial charge in [0.15, 0.2) is 0 Å². The minimum absolute atomic E-state index is 0.0151. The van der Waals surface area contributed by atoms with Gasteiger partial charge in [-0.2, -0.15) is 0 Å². The van der Waals surface area contributed by atoms with Gasteiger partial charge in [-0.25, -0.2) is 8.78 Å². The van der Waals surface area contributed by atoms with E-state index in [1.165, 1.54) is 0 Å². The molecule has 0 aliphatic carbocycles. The summed E-state index contributed by atoms with van der Waals surface area (Å²) in [6.45, 7) is 5.74. The molecule has 0 aromatic heterocycles. The molecule has 0 bridgehead atoms. The fourth-order valence-electron chi connectivity index (χ4n) is 2.81. The Labute approximate surface area is 111 Å². The predicted octanol–water partition coefficient (Wildman–Crippen LogP) is 3.14. The maximum atomic E-state index is 13.5. The molecule has 2 rings (SSSR count). The van der Waals surface area contributed by atoms with Crippen molar-refractivity contribution in [3.63, 3.8) is 0 Å². The molecule has 1 aliphatic heterocycles. The normalized spacial score (nSPS) is 30.6. The number of halogens is 2. The smallest absolute Gasteiger partial charge is 0.143 e. The minimum atomic E-state index is -0.540. The third-order valence-corrected chi connectivity index (χ3v) is 3.99. The number of hydrogen-bond donors (Lipinski definition) is 0. The summed E-state index contributed by atoms with van der Waals surface area (Å²) in [7, 11) is 0. The molecule has 4 unspecified atom stereocenters. The third kappa shape index (κ3) is 2.84. The molecule has 1 aromatic rings. The molecule has 0 saturated carbocycles. The van der Waals surface area contributed by atoms with Gasteiger partial charge in [0.1, 0.15) is 17.4 Å². The van der Waals surface area contributed by atoms with Crippen LogP contribution in [-0.4, -0.2) is 18.0 Å². The summed E-state index contributed by atoms with van der Waals surface area (Å²) in [6.07, 6.45) is -0.241. The summed E-state index contributed by atoms with van der Waals surface area (Å²) in [6, 6.07) is 3.19. The van der Waals surface area contributed by atoms with E-state index in [0.717, 1.165) is 18.2 Å². The van der Waals surface area contributed by atoms with Crippen molar-refractivity contribution in [3.05, 3.63) is 35.4 Å². The Morgan fingerprint density at radius 2 is 1.89 bits per heavy atom. The van der Waals surface area contributed by atoms with Crippen LogP contribution in [0.25, 0.3) is 0 Å². The number of ketones is 1. The molecule has 104 valence electrons.